The largest absolute Gasteiger partial charge is 0.399 e. The molecule has 160 valence electrons. The van der Waals surface area contributed by atoms with Crippen LogP contribution < -0.4 is 11.1 Å². The van der Waals surface area contributed by atoms with E-state index in [4.69, 9.17) is 5.73 Å². The standard InChI is InChI=1S/C27H25N3O2/c28-23-16-21-7-3-4-8-24(21)25(17-23)29-26(31)19-11-13-30(14-12-19)27(32)22-10-9-18-5-1-2-6-20(18)15-22/h1-10,15-17,19H,11-14,28H2,(H,29,31). The molecule has 1 aliphatic rings. The number of benzene rings is 4. The lowest BCUT2D eigenvalue weighted by Crippen LogP contribution is -2.41. The molecule has 32 heavy (non-hydrogen) atoms. The van der Waals surface area contributed by atoms with Gasteiger partial charge in [-0.15, -0.1) is 0 Å². The summed E-state index contributed by atoms with van der Waals surface area (Å²) in [5.41, 5.74) is 8.07. The highest BCUT2D eigenvalue weighted by Crippen LogP contribution is 2.28. The van der Waals surface area contributed by atoms with Crippen LogP contribution in [0.1, 0.15) is 23.2 Å². The van der Waals surface area contributed by atoms with Gasteiger partial charge >= 0.3 is 0 Å². The van der Waals surface area contributed by atoms with Crippen molar-refractivity contribution in [3.8, 4) is 0 Å². The molecular formula is C27H25N3O2. The molecule has 4 aromatic carbocycles. The SMILES string of the molecule is Nc1cc(NC(=O)C2CCN(C(=O)c3ccc4ccccc4c3)CC2)c2ccccc2c1. The first-order valence-electron chi connectivity index (χ1n) is 11.0. The first-order valence-corrected chi connectivity index (χ1v) is 11.0. The second kappa shape index (κ2) is 8.35. The smallest absolute Gasteiger partial charge is 0.253 e. The summed E-state index contributed by atoms with van der Waals surface area (Å²) >= 11 is 0. The number of hydrogen-bond acceptors (Lipinski definition) is 3. The molecule has 0 unspecified atom stereocenters. The quantitative estimate of drug-likeness (QED) is 0.452. The molecular weight excluding hydrogens is 398 g/mol. The van der Waals surface area contributed by atoms with Crippen LogP contribution in [-0.2, 0) is 4.79 Å². The zero-order valence-corrected chi connectivity index (χ0v) is 17.8. The summed E-state index contributed by atoms with van der Waals surface area (Å²) < 4.78 is 0. The van der Waals surface area contributed by atoms with E-state index in [2.05, 4.69) is 5.32 Å². The monoisotopic (exact) mass is 423 g/mol. The second-order valence-electron chi connectivity index (χ2n) is 8.41. The van der Waals surface area contributed by atoms with Crippen molar-refractivity contribution in [2.45, 2.75) is 12.8 Å². The molecule has 5 rings (SSSR count). The zero-order valence-electron chi connectivity index (χ0n) is 17.8. The molecule has 1 aliphatic heterocycles. The number of piperidine rings is 1. The van der Waals surface area contributed by atoms with E-state index < -0.39 is 0 Å². The van der Waals surface area contributed by atoms with Crippen LogP contribution in [0.2, 0.25) is 0 Å². The number of carbonyl (C=O) groups is 2. The topological polar surface area (TPSA) is 75.4 Å². The Kier molecular flexibility index (Phi) is 5.23. The Bertz CT molecular complexity index is 1320. The molecule has 0 saturated carbocycles. The Morgan fingerprint density at radius 1 is 0.812 bits per heavy atom. The van der Waals surface area contributed by atoms with Crippen LogP contribution in [0.5, 0.6) is 0 Å². The Labute approximate surface area is 186 Å². The van der Waals surface area contributed by atoms with Crippen molar-refractivity contribution in [1.82, 2.24) is 4.90 Å². The van der Waals surface area contributed by atoms with E-state index in [0.717, 1.165) is 27.2 Å². The Hall–Kier alpha value is -3.86. The highest BCUT2D eigenvalue weighted by Gasteiger charge is 2.28. The number of nitrogens with two attached hydrogens (primary N) is 1. The van der Waals surface area contributed by atoms with E-state index in [9.17, 15) is 9.59 Å². The molecule has 3 N–H and O–H groups in total. The van der Waals surface area contributed by atoms with Gasteiger partial charge in [0.1, 0.15) is 0 Å². The molecule has 1 heterocycles. The second-order valence-corrected chi connectivity index (χ2v) is 8.41. The first-order chi connectivity index (χ1) is 15.6. The van der Waals surface area contributed by atoms with Crippen LogP contribution in [0.25, 0.3) is 21.5 Å². The zero-order chi connectivity index (χ0) is 22.1. The highest BCUT2D eigenvalue weighted by molar-refractivity contribution is 6.04. The maximum atomic E-state index is 13.0. The predicted molar refractivity (Wildman–Crippen MR) is 130 cm³/mol. The summed E-state index contributed by atoms with van der Waals surface area (Å²) in [5, 5.41) is 7.22. The third-order valence-corrected chi connectivity index (χ3v) is 6.29. The van der Waals surface area contributed by atoms with Crippen molar-refractivity contribution in [1.29, 1.82) is 0 Å². The van der Waals surface area contributed by atoms with Crippen LogP contribution in [-0.4, -0.2) is 29.8 Å². The van der Waals surface area contributed by atoms with E-state index in [-0.39, 0.29) is 17.7 Å². The number of anilines is 2. The lowest BCUT2D eigenvalue weighted by Gasteiger charge is -2.31. The summed E-state index contributed by atoms with van der Waals surface area (Å²) in [6.45, 7) is 1.14. The van der Waals surface area contributed by atoms with Crippen LogP contribution in [0.3, 0.4) is 0 Å². The van der Waals surface area contributed by atoms with Crippen molar-refractivity contribution < 1.29 is 9.59 Å². The van der Waals surface area contributed by atoms with Gasteiger partial charge in [0.25, 0.3) is 5.91 Å². The minimum Gasteiger partial charge on any atom is -0.399 e. The maximum Gasteiger partial charge on any atom is 0.253 e. The number of hydrogen-bond donors (Lipinski definition) is 2. The fourth-order valence-corrected chi connectivity index (χ4v) is 4.52. The molecule has 4 aromatic rings. The number of likely N-dealkylation sites (tertiary alicyclic amines) is 1. The van der Waals surface area contributed by atoms with Crippen LogP contribution in [0.15, 0.2) is 78.9 Å². The van der Waals surface area contributed by atoms with E-state index in [1.165, 1.54) is 0 Å². The van der Waals surface area contributed by atoms with Gasteiger partial charge in [0, 0.05) is 35.6 Å². The summed E-state index contributed by atoms with van der Waals surface area (Å²) in [4.78, 5) is 27.8. The molecule has 2 amide bonds. The van der Waals surface area contributed by atoms with Gasteiger partial charge in [-0.25, -0.2) is 0 Å². The van der Waals surface area contributed by atoms with E-state index in [1.54, 1.807) is 6.07 Å². The molecule has 0 radical (unpaired) electrons. The van der Waals surface area contributed by atoms with Crippen LogP contribution in [0.4, 0.5) is 11.4 Å². The summed E-state index contributed by atoms with van der Waals surface area (Å²) in [6, 6.07) is 25.4. The van der Waals surface area contributed by atoms with Crippen molar-refractivity contribution in [3.63, 3.8) is 0 Å². The van der Waals surface area contributed by atoms with Crippen LogP contribution >= 0.6 is 0 Å². The molecule has 0 bridgehead atoms. The lowest BCUT2D eigenvalue weighted by molar-refractivity contribution is -0.121. The van der Waals surface area contributed by atoms with Crippen molar-refractivity contribution >= 4 is 44.7 Å². The van der Waals surface area contributed by atoms with Gasteiger partial charge in [0.2, 0.25) is 5.91 Å². The number of amides is 2. The minimum atomic E-state index is -0.129. The van der Waals surface area contributed by atoms with Gasteiger partial charge in [-0.3, -0.25) is 9.59 Å². The van der Waals surface area contributed by atoms with Crippen molar-refractivity contribution in [2.75, 3.05) is 24.1 Å². The Morgan fingerprint density at radius 2 is 1.50 bits per heavy atom. The number of carbonyl (C=O) groups excluding carboxylic acids is 2. The van der Waals surface area contributed by atoms with Gasteiger partial charge in [0.05, 0.1) is 5.69 Å². The van der Waals surface area contributed by atoms with Crippen molar-refractivity contribution in [2.24, 2.45) is 5.92 Å². The molecule has 0 spiro atoms. The van der Waals surface area contributed by atoms with Crippen molar-refractivity contribution in [3.05, 3.63) is 84.4 Å². The maximum absolute atomic E-state index is 13.0. The minimum absolute atomic E-state index is 0.0152. The molecule has 1 saturated heterocycles. The number of nitrogens with zero attached hydrogens (tertiary/aromatic N) is 1. The lowest BCUT2D eigenvalue weighted by atomic mass is 9.95. The summed E-state index contributed by atoms with van der Waals surface area (Å²) in [6.07, 6.45) is 1.29. The number of fused-ring (bicyclic) bond motifs is 2. The van der Waals surface area contributed by atoms with Gasteiger partial charge in [-0.1, -0.05) is 54.6 Å². The van der Waals surface area contributed by atoms with Gasteiger partial charge < -0.3 is 16.0 Å². The normalized spacial score (nSPS) is 14.6. The molecule has 5 nitrogen and oxygen atoms in total. The molecule has 5 heteroatoms. The predicted octanol–water partition coefficient (Wildman–Crippen LogP) is 5.07. The van der Waals surface area contributed by atoms with Gasteiger partial charge in [-0.05, 0) is 53.3 Å². The number of nitrogen functional groups attached to an aromatic ring is 1. The van der Waals surface area contributed by atoms with E-state index >= 15 is 0 Å². The molecule has 0 aromatic heterocycles. The fourth-order valence-electron chi connectivity index (χ4n) is 4.52. The highest BCUT2D eigenvalue weighted by atomic mass is 16.2. The summed E-state index contributed by atoms with van der Waals surface area (Å²) in [7, 11) is 0. The Balaban J connectivity index is 1.25. The molecule has 1 fully saturated rings. The van der Waals surface area contributed by atoms with E-state index in [1.807, 2.05) is 77.7 Å². The first kappa shape index (κ1) is 20.1. The average molecular weight is 424 g/mol. The number of nitrogens with one attached hydrogen (secondary N) is 1. The average Bonchev–Trinajstić information content (AvgIpc) is 2.83. The van der Waals surface area contributed by atoms with Gasteiger partial charge in [-0.2, -0.15) is 0 Å². The van der Waals surface area contributed by atoms with Crippen LogP contribution in [0, 0.1) is 5.92 Å². The third-order valence-electron chi connectivity index (χ3n) is 6.29. The Morgan fingerprint density at radius 3 is 2.28 bits per heavy atom. The van der Waals surface area contributed by atoms with Gasteiger partial charge in [0.15, 0.2) is 0 Å². The summed E-state index contributed by atoms with van der Waals surface area (Å²) in [5.74, 6) is -0.120. The molecule has 0 atom stereocenters. The third kappa shape index (κ3) is 3.89. The van der Waals surface area contributed by atoms with E-state index in [0.29, 0.717) is 37.2 Å². The fraction of sp³-hybridized carbons (Fsp3) is 0.185. The number of rotatable bonds is 3. The molecule has 0 aliphatic carbocycles.